The van der Waals surface area contributed by atoms with Crippen molar-refractivity contribution in [1.29, 1.82) is 0 Å². The van der Waals surface area contributed by atoms with E-state index in [0.717, 1.165) is 19.3 Å². The molecule has 1 heterocycles. The van der Waals surface area contributed by atoms with Gasteiger partial charge in [-0.05, 0) is 0 Å². The van der Waals surface area contributed by atoms with Gasteiger partial charge in [-0.3, -0.25) is 5.01 Å². The first kappa shape index (κ1) is 5.28. The molecule has 0 spiro atoms. The monoisotopic (exact) mass is 112 g/mol. The minimum atomic E-state index is 0.441. The molecule has 0 bridgehead atoms. The third kappa shape index (κ3) is 1.05. The predicted octanol–water partition coefficient (Wildman–Crippen LogP) is -0.123. The van der Waals surface area contributed by atoms with E-state index in [0.29, 0.717) is 6.54 Å². The van der Waals surface area contributed by atoms with Crippen LogP contribution in [0.1, 0.15) is 6.42 Å². The average Bonchev–Trinajstić information content (AvgIpc) is 2.19. The van der Waals surface area contributed by atoms with Gasteiger partial charge < -0.3 is 4.79 Å². The smallest absolute Gasteiger partial charge is 0.141 e. The summed E-state index contributed by atoms with van der Waals surface area (Å²) in [6.45, 7) is 1.34. The Labute approximate surface area is 48.0 Å². The fourth-order valence-corrected chi connectivity index (χ4v) is 0.662. The third-order valence-corrected chi connectivity index (χ3v) is 1.05. The van der Waals surface area contributed by atoms with Crippen LogP contribution in [0.2, 0.25) is 0 Å². The normalized spacial score (nSPS) is 17.2. The van der Waals surface area contributed by atoms with Crippen LogP contribution < -0.4 is 0 Å². The first-order valence-corrected chi connectivity index (χ1v) is 2.64. The zero-order chi connectivity index (χ0) is 5.82. The van der Waals surface area contributed by atoms with Crippen molar-refractivity contribution < 1.29 is 4.79 Å². The number of hydrazone groups is 1. The minimum absolute atomic E-state index is 0.441. The molecule has 0 amide bonds. The Balaban J connectivity index is 2.25. The second kappa shape index (κ2) is 2.45. The predicted molar refractivity (Wildman–Crippen MR) is 30.7 cm³/mol. The first-order chi connectivity index (χ1) is 3.93. The molecule has 0 radical (unpaired) electrons. The molecule has 1 aliphatic heterocycles. The molecule has 0 aliphatic carbocycles. The zero-order valence-corrected chi connectivity index (χ0v) is 4.58. The average molecular weight is 112 g/mol. The number of rotatable bonds is 2. The Hall–Kier alpha value is -0.860. The Morgan fingerprint density at radius 3 is 3.25 bits per heavy atom. The lowest BCUT2D eigenvalue weighted by molar-refractivity contribution is -0.108. The molecule has 0 aromatic rings. The summed E-state index contributed by atoms with van der Waals surface area (Å²) in [5.74, 6) is 0. The van der Waals surface area contributed by atoms with Crippen molar-refractivity contribution in [3.8, 4) is 0 Å². The van der Waals surface area contributed by atoms with Crippen molar-refractivity contribution in [2.75, 3.05) is 13.1 Å². The molecule has 44 valence electrons. The first-order valence-electron chi connectivity index (χ1n) is 2.64. The summed E-state index contributed by atoms with van der Waals surface area (Å²) in [5.41, 5.74) is 0. The van der Waals surface area contributed by atoms with Crippen molar-refractivity contribution in [1.82, 2.24) is 5.01 Å². The Bertz CT molecular complexity index is 111. The molecule has 0 N–H and O–H groups in total. The van der Waals surface area contributed by atoms with E-state index in [1.165, 1.54) is 0 Å². The van der Waals surface area contributed by atoms with Gasteiger partial charge in [0.1, 0.15) is 6.29 Å². The SMILES string of the molecule is O=CCN1CCC=N1. The van der Waals surface area contributed by atoms with Crippen LogP contribution in [-0.4, -0.2) is 30.6 Å². The van der Waals surface area contributed by atoms with Crippen LogP contribution in [0, 0.1) is 0 Å². The van der Waals surface area contributed by atoms with Gasteiger partial charge in [0.2, 0.25) is 0 Å². The summed E-state index contributed by atoms with van der Waals surface area (Å²) >= 11 is 0. The van der Waals surface area contributed by atoms with E-state index >= 15 is 0 Å². The van der Waals surface area contributed by atoms with Gasteiger partial charge in [0.05, 0.1) is 6.54 Å². The standard InChI is InChI=1S/C5H8N2O/c8-5-4-7-3-1-2-6-7/h2,5H,1,3-4H2. The third-order valence-electron chi connectivity index (χ3n) is 1.05. The van der Waals surface area contributed by atoms with Gasteiger partial charge in [0, 0.05) is 19.2 Å². The van der Waals surface area contributed by atoms with E-state index in [2.05, 4.69) is 5.10 Å². The van der Waals surface area contributed by atoms with Crippen LogP contribution in [0.3, 0.4) is 0 Å². The van der Waals surface area contributed by atoms with Gasteiger partial charge >= 0.3 is 0 Å². The Morgan fingerprint density at radius 1 is 1.88 bits per heavy atom. The summed E-state index contributed by atoms with van der Waals surface area (Å²) in [4.78, 5) is 9.85. The summed E-state index contributed by atoms with van der Waals surface area (Å²) in [6.07, 6.45) is 3.67. The Morgan fingerprint density at radius 2 is 2.75 bits per heavy atom. The molecule has 1 rings (SSSR count). The van der Waals surface area contributed by atoms with Crippen LogP contribution in [0.25, 0.3) is 0 Å². The molecule has 3 heteroatoms. The van der Waals surface area contributed by atoms with Gasteiger partial charge in [-0.25, -0.2) is 0 Å². The molecule has 0 saturated heterocycles. The van der Waals surface area contributed by atoms with Crippen molar-refractivity contribution in [2.45, 2.75) is 6.42 Å². The van der Waals surface area contributed by atoms with Crippen molar-refractivity contribution >= 4 is 12.5 Å². The second-order valence-corrected chi connectivity index (χ2v) is 1.67. The van der Waals surface area contributed by atoms with Gasteiger partial charge in [-0.1, -0.05) is 0 Å². The van der Waals surface area contributed by atoms with E-state index in [9.17, 15) is 4.79 Å². The molecular weight excluding hydrogens is 104 g/mol. The fraction of sp³-hybridized carbons (Fsp3) is 0.600. The van der Waals surface area contributed by atoms with Crippen LogP contribution in [-0.2, 0) is 4.79 Å². The van der Waals surface area contributed by atoms with Gasteiger partial charge in [-0.2, -0.15) is 5.10 Å². The number of hydrogen-bond acceptors (Lipinski definition) is 3. The molecule has 0 aromatic carbocycles. The van der Waals surface area contributed by atoms with Crippen LogP contribution in [0.15, 0.2) is 5.10 Å². The second-order valence-electron chi connectivity index (χ2n) is 1.67. The lowest BCUT2D eigenvalue weighted by Crippen LogP contribution is -2.15. The van der Waals surface area contributed by atoms with E-state index in [4.69, 9.17) is 0 Å². The highest BCUT2D eigenvalue weighted by Gasteiger charge is 2.01. The molecule has 1 aliphatic rings. The van der Waals surface area contributed by atoms with E-state index in [1.54, 1.807) is 5.01 Å². The van der Waals surface area contributed by atoms with Crippen molar-refractivity contribution in [3.05, 3.63) is 0 Å². The maximum atomic E-state index is 9.85. The molecule has 3 nitrogen and oxygen atoms in total. The highest BCUT2D eigenvalue weighted by molar-refractivity contribution is 5.60. The molecule has 0 atom stereocenters. The van der Waals surface area contributed by atoms with Crippen molar-refractivity contribution in [3.63, 3.8) is 0 Å². The zero-order valence-electron chi connectivity index (χ0n) is 4.58. The number of carbonyl (C=O) groups is 1. The topological polar surface area (TPSA) is 32.7 Å². The fourth-order valence-electron chi connectivity index (χ4n) is 0.662. The largest absolute Gasteiger partial charge is 0.301 e. The number of nitrogens with zero attached hydrogens (tertiary/aromatic N) is 2. The molecule has 0 saturated carbocycles. The van der Waals surface area contributed by atoms with Crippen molar-refractivity contribution in [2.24, 2.45) is 5.10 Å². The summed E-state index contributed by atoms with van der Waals surface area (Å²) in [5, 5.41) is 5.65. The lowest BCUT2D eigenvalue weighted by Gasteiger charge is -2.06. The maximum absolute atomic E-state index is 9.85. The van der Waals surface area contributed by atoms with Gasteiger partial charge in [0.15, 0.2) is 0 Å². The lowest BCUT2D eigenvalue weighted by atomic mass is 10.5. The van der Waals surface area contributed by atoms with E-state index in [-0.39, 0.29) is 0 Å². The molecule has 8 heavy (non-hydrogen) atoms. The van der Waals surface area contributed by atoms with Gasteiger partial charge in [-0.15, -0.1) is 0 Å². The molecular formula is C5H8N2O. The van der Waals surface area contributed by atoms with Crippen LogP contribution >= 0.6 is 0 Å². The van der Waals surface area contributed by atoms with Crippen LogP contribution in [0.5, 0.6) is 0 Å². The van der Waals surface area contributed by atoms with Crippen LogP contribution in [0.4, 0.5) is 0 Å². The van der Waals surface area contributed by atoms with E-state index < -0.39 is 0 Å². The van der Waals surface area contributed by atoms with E-state index in [1.807, 2.05) is 6.21 Å². The molecule has 0 fully saturated rings. The number of carbonyl (C=O) groups excluding carboxylic acids is 1. The van der Waals surface area contributed by atoms with Gasteiger partial charge in [0.25, 0.3) is 0 Å². The minimum Gasteiger partial charge on any atom is -0.301 e. The summed E-state index contributed by atoms with van der Waals surface area (Å²) in [7, 11) is 0. The number of aldehydes is 1. The molecule has 0 unspecified atom stereocenters. The Kier molecular flexibility index (Phi) is 1.62. The molecule has 0 aromatic heterocycles. The highest BCUT2D eigenvalue weighted by Crippen LogP contribution is 1.95. The summed E-state index contributed by atoms with van der Waals surface area (Å²) in [6, 6.07) is 0. The summed E-state index contributed by atoms with van der Waals surface area (Å²) < 4.78 is 0. The maximum Gasteiger partial charge on any atom is 0.141 e. The number of hydrogen-bond donors (Lipinski definition) is 0. The quantitative estimate of drug-likeness (QED) is 0.466. The highest BCUT2D eigenvalue weighted by atomic mass is 16.1.